The summed E-state index contributed by atoms with van der Waals surface area (Å²) in [5.41, 5.74) is 0. The summed E-state index contributed by atoms with van der Waals surface area (Å²) < 4.78 is 0. The molecular formula is C34H68O4. The van der Waals surface area contributed by atoms with Crippen LogP contribution in [0.2, 0.25) is 0 Å². The van der Waals surface area contributed by atoms with Crippen LogP contribution >= 0.6 is 0 Å². The van der Waals surface area contributed by atoms with Crippen LogP contribution in [0.25, 0.3) is 0 Å². The monoisotopic (exact) mass is 541 g/mol. The van der Waals surface area contributed by atoms with Gasteiger partial charge in [-0.1, -0.05) is 175 Å². The van der Waals surface area contributed by atoms with Crippen molar-refractivity contribution in [3.05, 3.63) is 0 Å². The summed E-state index contributed by atoms with van der Waals surface area (Å²) in [5.74, 6) is -1.32. The molecule has 0 fully saturated rings. The summed E-state index contributed by atoms with van der Waals surface area (Å²) in [6.07, 6.45) is 33.9. The number of carboxylic acids is 2. The Labute approximate surface area is 238 Å². The quantitative estimate of drug-likeness (QED) is 0.0925. The fourth-order valence-electron chi connectivity index (χ4n) is 5.03. The average Bonchev–Trinajstić information content (AvgIpc) is 2.89. The molecule has 0 aromatic carbocycles. The Hall–Kier alpha value is -1.06. The van der Waals surface area contributed by atoms with E-state index in [4.69, 9.17) is 5.11 Å². The average molecular weight is 541 g/mol. The van der Waals surface area contributed by atoms with Crippen LogP contribution in [-0.2, 0) is 9.59 Å². The fourth-order valence-corrected chi connectivity index (χ4v) is 5.03. The molecule has 4 nitrogen and oxygen atoms in total. The zero-order valence-electron chi connectivity index (χ0n) is 26.1. The van der Waals surface area contributed by atoms with E-state index in [2.05, 4.69) is 20.8 Å². The van der Waals surface area contributed by atoms with Crippen molar-refractivity contribution in [2.45, 2.75) is 201 Å². The highest BCUT2D eigenvalue weighted by atomic mass is 16.4. The van der Waals surface area contributed by atoms with Crippen molar-refractivity contribution < 1.29 is 19.8 Å². The molecule has 0 aliphatic heterocycles. The summed E-state index contributed by atoms with van der Waals surface area (Å²) in [7, 11) is 0. The van der Waals surface area contributed by atoms with Gasteiger partial charge in [0.25, 0.3) is 0 Å². The molecule has 0 bridgehead atoms. The molecule has 0 aromatic heterocycles. The second-order valence-electron chi connectivity index (χ2n) is 11.5. The highest BCUT2D eigenvalue weighted by Crippen LogP contribution is 2.20. The summed E-state index contributed by atoms with van der Waals surface area (Å²) in [6.45, 7) is 6.73. The highest BCUT2D eigenvalue weighted by Gasteiger charge is 2.16. The van der Waals surface area contributed by atoms with Gasteiger partial charge in [0.15, 0.2) is 0 Å². The zero-order valence-corrected chi connectivity index (χ0v) is 26.1. The lowest BCUT2D eigenvalue weighted by atomic mass is 9.94. The van der Waals surface area contributed by atoms with Crippen LogP contribution in [0.3, 0.4) is 0 Å². The molecule has 0 radical (unpaired) electrons. The van der Waals surface area contributed by atoms with Crippen molar-refractivity contribution in [1.82, 2.24) is 0 Å². The molecule has 0 aliphatic carbocycles. The van der Waals surface area contributed by atoms with Gasteiger partial charge >= 0.3 is 11.9 Å². The van der Waals surface area contributed by atoms with Gasteiger partial charge in [-0.3, -0.25) is 9.59 Å². The Morgan fingerprint density at radius 3 is 0.947 bits per heavy atom. The molecule has 0 unspecified atom stereocenters. The topological polar surface area (TPSA) is 74.6 Å². The largest absolute Gasteiger partial charge is 0.481 e. The van der Waals surface area contributed by atoms with E-state index in [-0.39, 0.29) is 5.92 Å². The van der Waals surface area contributed by atoms with Crippen LogP contribution in [0.15, 0.2) is 0 Å². The van der Waals surface area contributed by atoms with Gasteiger partial charge in [-0.15, -0.1) is 0 Å². The number of carboxylic acid groups (broad SMARTS) is 2. The number of aliphatic carboxylic acids is 2. The first-order chi connectivity index (χ1) is 18.5. The molecule has 4 heteroatoms. The van der Waals surface area contributed by atoms with Crippen LogP contribution < -0.4 is 0 Å². The van der Waals surface area contributed by atoms with Crippen molar-refractivity contribution in [1.29, 1.82) is 0 Å². The van der Waals surface area contributed by atoms with Crippen LogP contribution in [0.4, 0.5) is 0 Å². The van der Waals surface area contributed by atoms with Crippen molar-refractivity contribution in [2.75, 3.05) is 0 Å². The Balaban J connectivity index is 0. The Morgan fingerprint density at radius 2 is 0.684 bits per heavy atom. The predicted octanol–water partition coefficient (Wildman–Crippen LogP) is 11.7. The van der Waals surface area contributed by atoms with E-state index in [1.54, 1.807) is 0 Å². The molecule has 2 N–H and O–H groups in total. The van der Waals surface area contributed by atoms with Crippen LogP contribution in [-0.4, -0.2) is 22.2 Å². The number of hydrogen-bond donors (Lipinski definition) is 2. The second kappa shape index (κ2) is 34.0. The fraction of sp³-hybridized carbons (Fsp3) is 0.941. The number of unbranched alkanes of at least 4 members (excludes halogenated alkanes) is 22. The normalized spacial score (nSPS) is 10.9. The summed E-state index contributed by atoms with van der Waals surface area (Å²) in [4.78, 5) is 21.6. The third kappa shape index (κ3) is 34.9. The number of rotatable bonds is 29. The van der Waals surface area contributed by atoms with Gasteiger partial charge in [0.1, 0.15) is 0 Å². The van der Waals surface area contributed by atoms with Crippen LogP contribution in [0.5, 0.6) is 0 Å². The maximum absolute atomic E-state index is 11.4. The summed E-state index contributed by atoms with van der Waals surface area (Å²) in [6, 6.07) is 0. The molecule has 0 aliphatic rings. The van der Waals surface area contributed by atoms with Gasteiger partial charge in [-0.05, 0) is 19.3 Å². The molecule has 0 atom stereocenters. The third-order valence-corrected chi connectivity index (χ3v) is 7.66. The van der Waals surface area contributed by atoms with E-state index >= 15 is 0 Å². The number of carbonyl (C=O) groups is 2. The third-order valence-electron chi connectivity index (χ3n) is 7.66. The van der Waals surface area contributed by atoms with Crippen molar-refractivity contribution in [3.63, 3.8) is 0 Å². The van der Waals surface area contributed by atoms with Crippen molar-refractivity contribution >= 4 is 11.9 Å². The molecule has 0 aromatic rings. The molecule has 0 rings (SSSR count). The van der Waals surface area contributed by atoms with E-state index in [0.717, 1.165) is 38.5 Å². The minimum atomic E-state index is -0.659. The lowest BCUT2D eigenvalue weighted by Gasteiger charge is -2.12. The molecule has 0 amide bonds. The second-order valence-corrected chi connectivity index (χ2v) is 11.5. The minimum Gasteiger partial charge on any atom is -0.481 e. The first kappa shape index (κ1) is 39.1. The van der Waals surface area contributed by atoms with E-state index in [1.807, 2.05) is 0 Å². The Kier molecular flexibility index (Phi) is 34.9. The van der Waals surface area contributed by atoms with Gasteiger partial charge in [-0.25, -0.2) is 0 Å². The molecule has 228 valence electrons. The van der Waals surface area contributed by atoms with Gasteiger partial charge in [0.2, 0.25) is 0 Å². The maximum Gasteiger partial charge on any atom is 0.306 e. The zero-order chi connectivity index (χ0) is 28.5. The van der Waals surface area contributed by atoms with Crippen molar-refractivity contribution in [2.24, 2.45) is 5.92 Å². The summed E-state index contributed by atoms with van der Waals surface area (Å²) >= 11 is 0. The molecular weight excluding hydrogens is 472 g/mol. The van der Waals surface area contributed by atoms with Gasteiger partial charge < -0.3 is 10.2 Å². The molecule has 38 heavy (non-hydrogen) atoms. The minimum absolute atomic E-state index is 0.0924. The lowest BCUT2D eigenvalue weighted by Crippen LogP contribution is -2.13. The summed E-state index contributed by atoms with van der Waals surface area (Å²) in [5, 5.41) is 17.8. The first-order valence-corrected chi connectivity index (χ1v) is 16.9. The Bertz CT molecular complexity index is 457. The standard InChI is InChI=1S/C22H44O2.C12H24O2/c1-3-5-7-9-11-13-15-17-19-21(22(23)24)20-18-16-14-12-10-8-6-4-2;1-2-3-4-5-6-7-8-9-10-11-12(13)14/h21H,3-20H2,1-2H3,(H,23,24);2-11H2,1H3,(H,13,14). The van der Waals surface area contributed by atoms with E-state index < -0.39 is 11.9 Å². The molecule has 0 spiro atoms. The first-order valence-electron chi connectivity index (χ1n) is 16.9. The van der Waals surface area contributed by atoms with Crippen molar-refractivity contribution in [3.8, 4) is 0 Å². The van der Waals surface area contributed by atoms with E-state index in [1.165, 1.54) is 135 Å². The van der Waals surface area contributed by atoms with E-state index in [0.29, 0.717) is 6.42 Å². The lowest BCUT2D eigenvalue weighted by molar-refractivity contribution is -0.142. The number of hydrogen-bond acceptors (Lipinski definition) is 2. The predicted molar refractivity (Wildman–Crippen MR) is 165 cm³/mol. The van der Waals surface area contributed by atoms with E-state index in [9.17, 15) is 14.7 Å². The van der Waals surface area contributed by atoms with Gasteiger partial charge in [-0.2, -0.15) is 0 Å². The Morgan fingerprint density at radius 1 is 0.421 bits per heavy atom. The molecule has 0 heterocycles. The molecule has 0 saturated carbocycles. The highest BCUT2D eigenvalue weighted by molar-refractivity contribution is 5.69. The van der Waals surface area contributed by atoms with Crippen LogP contribution in [0.1, 0.15) is 201 Å². The van der Waals surface area contributed by atoms with Gasteiger partial charge in [0.05, 0.1) is 5.92 Å². The van der Waals surface area contributed by atoms with Gasteiger partial charge in [0, 0.05) is 6.42 Å². The SMILES string of the molecule is CCCCCCCCCCC(CCCCCCCCCC)C(=O)O.CCCCCCCCCCCC(=O)O. The van der Waals surface area contributed by atoms with Crippen LogP contribution in [0, 0.1) is 5.92 Å². The molecule has 0 saturated heterocycles. The maximum atomic E-state index is 11.4. The smallest absolute Gasteiger partial charge is 0.306 e.